The van der Waals surface area contributed by atoms with Crippen LogP contribution in [0.2, 0.25) is 0 Å². The van der Waals surface area contributed by atoms with E-state index in [0.717, 1.165) is 5.56 Å². The number of nitrogens with zero attached hydrogens (tertiary/aromatic N) is 1. The fraction of sp³-hybridized carbons (Fsp3) is 0.188. The minimum atomic E-state index is -0.503. The molecular weight excluding hydrogens is 399 g/mol. The monoisotopic (exact) mass is 412 g/mol. The maximum absolute atomic E-state index is 12.9. The number of rotatable bonds is 6. The van der Waals surface area contributed by atoms with E-state index in [1.165, 1.54) is 42.1 Å². The standard InChI is InChI=1S/C16H14BrFN2O3S/c1-10(11-2-4-12(18)5-3-11)24-9-16(21)19-15-7-6-13(20(22)23)8-14(15)17/h2-8,10H,9H2,1H3,(H,19,21). The van der Waals surface area contributed by atoms with E-state index in [2.05, 4.69) is 21.2 Å². The number of nitrogens with one attached hydrogen (secondary N) is 1. The molecule has 0 aromatic heterocycles. The van der Waals surface area contributed by atoms with Gasteiger partial charge in [-0.25, -0.2) is 4.39 Å². The van der Waals surface area contributed by atoms with Crippen LogP contribution in [0.15, 0.2) is 46.9 Å². The predicted octanol–water partition coefficient (Wildman–Crippen LogP) is 4.93. The molecule has 0 aliphatic heterocycles. The van der Waals surface area contributed by atoms with Crippen molar-refractivity contribution in [1.29, 1.82) is 0 Å². The number of amides is 1. The van der Waals surface area contributed by atoms with E-state index in [1.54, 1.807) is 12.1 Å². The van der Waals surface area contributed by atoms with Crippen LogP contribution in [-0.2, 0) is 4.79 Å². The van der Waals surface area contributed by atoms with Gasteiger partial charge < -0.3 is 5.32 Å². The van der Waals surface area contributed by atoms with Gasteiger partial charge in [0.25, 0.3) is 5.69 Å². The van der Waals surface area contributed by atoms with E-state index in [0.29, 0.717) is 10.2 Å². The lowest BCUT2D eigenvalue weighted by Gasteiger charge is -2.12. The van der Waals surface area contributed by atoms with Crippen LogP contribution in [0.4, 0.5) is 15.8 Å². The Hall–Kier alpha value is -1.93. The third kappa shape index (κ3) is 5.04. The van der Waals surface area contributed by atoms with Crippen molar-refractivity contribution in [3.8, 4) is 0 Å². The summed E-state index contributed by atoms with van der Waals surface area (Å²) in [6.45, 7) is 1.94. The van der Waals surface area contributed by atoms with Crippen LogP contribution >= 0.6 is 27.7 Å². The van der Waals surface area contributed by atoms with Crippen molar-refractivity contribution < 1.29 is 14.1 Å². The number of hydrogen-bond donors (Lipinski definition) is 1. The number of nitro benzene ring substituents is 1. The second kappa shape index (κ2) is 8.25. The summed E-state index contributed by atoms with van der Waals surface area (Å²) in [7, 11) is 0. The van der Waals surface area contributed by atoms with Gasteiger partial charge in [-0.1, -0.05) is 12.1 Å². The number of benzene rings is 2. The summed E-state index contributed by atoms with van der Waals surface area (Å²) < 4.78 is 13.4. The van der Waals surface area contributed by atoms with Crippen LogP contribution in [0, 0.1) is 15.9 Å². The number of nitro groups is 1. The molecule has 1 N–H and O–H groups in total. The van der Waals surface area contributed by atoms with Gasteiger partial charge in [-0.15, -0.1) is 11.8 Å². The normalized spacial score (nSPS) is 11.8. The highest BCUT2D eigenvalue weighted by Gasteiger charge is 2.13. The van der Waals surface area contributed by atoms with Gasteiger partial charge in [0.15, 0.2) is 0 Å². The lowest BCUT2D eigenvalue weighted by molar-refractivity contribution is -0.384. The SMILES string of the molecule is CC(SCC(=O)Nc1ccc([N+](=O)[O-])cc1Br)c1ccc(F)cc1. The number of carbonyl (C=O) groups is 1. The number of hydrogen-bond acceptors (Lipinski definition) is 4. The number of non-ortho nitro benzene ring substituents is 1. The van der Waals surface area contributed by atoms with Crippen molar-refractivity contribution in [3.05, 3.63) is 68.4 Å². The zero-order valence-corrected chi connectivity index (χ0v) is 15.1. The molecule has 1 atom stereocenters. The Morgan fingerprint density at radius 1 is 1.33 bits per heavy atom. The average Bonchev–Trinajstić information content (AvgIpc) is 2.55. The highest BCUT2D eigenvalue weighted by atomic mass is 79.9. The zero-order valence-electron chi connectivity index (χ0n) is 12.7. The number of thioether (sulfide) groups is 1. The summed E-state index contributed by atoms with van der Waals surface area (Å²) in [5, 5.41) is 13.4. The molecule has 126 valence electrons. The first-order chi connectivity index (χ1) is 11.4. The number of carbonyl (C=O) groups excluding carboxylic acids is 1. The Labute approximate surface area is 150 Å². The summed E-state index contributed by atoms with van der Waals surface area (Å²) in [6.07, 6.45) is 0. The molecule has 0 fully saturated rings. The topological polar surface area (TPSA) is 72.2 Å². The molecule has 1 unspecified atom stereocenters. The van der Waals surface area contributed by atoms with Gasteiger partial charge in [0.05, 0.1) is 16.4 Å². The van der Waals surface area contributed by atoms with E-state index < -0.39 is 4.92 Å². The van der Waals surface area contributed by atoms with Gasteiger partial charge >= 0.3 is 0 Å². The molecule has 1 amide bonds. The maximum Gasteiger partial charge on any atom is 0.270 e. The quantitative estimate of drug-likeness (QED) is 0.539. The molecule has 0 heterocycles. The molecule has 0 aliphatic rings. The van der Waals surface area contributed by atoms with Gasteiger partial charge in [0.2, 0.25) is 5.91 Å². The molecule has 5 nitrogen and oxygen atoms in total. The highest BCUT2D eigenvalue weighted by Crippen LogP contribution is 2.30. The molecule has 2 aromatic carbocycles. The van der Waals surface area contributed by atoms with E-state index >= 15 is 0 Å². The van der Waals surface area contributed by atoms with E-state index in [4.69, 9.17) is 0 Å². The molecule has 24 heavy (non-hydrogen) atoms. The summed E-state index contributed by atoms with van der Waals surface area (Å²) >= 11 is 4.62. The van der Waals surface area contributed by atoms with Crippen molar-refractivity contribution in [1.82, 2.24) is 0 Å². The summed E-state index contributed by atoms with van der Waals surface area (Å²) in [6, 6.07) is 10.3. The van der Waals surface area contributed by atoms with Crippen LogP contribution in [-0.4, -0.2) is 16.6 Å². The minimum Gasteiger partial charge on any atom is -0.324 e. The maximum atomic E-state index is 12.9. The summed E-state index contributed by atoms with van der Waals surface area (Å²) in [5.74, 6) is -0.303. The van der Waals surface area contributed by atoms with Crippen molar-refractivity contribution in [2.45, 2.75) is 12.2 Å². The third-order valence-electron chi connectivity index (χ3n) is 3.24. The van der Waals surface area contributed by atoms with E-state index in [9.17, 15) is 19.3 Å². The van der Waals surface area contributed by atoms with Crippen LogP contribution in [0.3, 0.4) is 0 Å². The summed E-state index contributed by atoms with van der Waals surface area (Å²) in [5.41, 5.74) is 1.35. The fourth-order valence-corrected chi connectivity index (χ4v) is 3.22. The van der Waals surface area contributed by atoms with Crippen LogP contribution < -0.4 is 5.32 Å². The van der Waals surface area contributed by atoms with E-state index in [1.807, 2.05) is 6.92 Å². The van der Waals surface area contributed by atoms with Gasteiger partial charge in [0.1, 0.15) is 5.82 Å². The van der Waals surface area contributed by atoms with Gasteiger partial charge in [-0.05, 0) is 46.6 Å². The molecule has 0 radical (unpaired) electrons. The summed E-state index contributed by atoms with van der Waals surface area (Å²) in [4.78, 5) is 22.2. The van der Waals surface area contributed by atoms with Crippen molar-refractivity contribution in [2.24, 2.45) is 0 Å². The van der Waals surface area contributed by atoms with E-state index in [-0.39, 0.29) is 28.4 Å². The number of anilines is 1. The molecule has 2 aromatic rings. The van der Waals surface area contributed by atoms with Crippen molar-refractivity contribution in [2.75, 3.05) is 11.1 Å². The molecule has 2 rings (SSSR count). The van der Waals surface area contributed by atoms with Crippen molar-refractivity contribution in [3.63, 3.8) is 0 Å². The first-order valence-corrected chi connectivity index (χ1v) is 8.82. The Bertz CT molecular complexity index is 755. The minimum absolute atomic E-state index is 0.0386. The second-order valence-corrected chi connectivity index (χ2v) is 7.16. The lowest BCUT2D eigenvalue weighted by atomic mass is 10.2. The Balaban J connectivity index is 1.91. The fourth-order valence-electron chi connectivity index (χ4n) is 1.94. The predicted molar refractivity (Wildman–Crippen MR) is 96.7 cm³/mol. The molecule has 8 heteroatoms. The average molecular weight is 413 g/mol. The second-order valence-electron chi connectivity index (χ2n) is 4.97. The Morgan fingerprint density at radius 3 is 2.58 bits per heavy atom. The van der Waals surface area contributed by atoms with Gasteiger partial charge in [0, 0.05) is 21.9 Å². The van der Waals surface area contributed by atoms with Crippen molar-refractivity contribution >= 4 is 45.0 Å². The van der Waals surface area contributed by atoms with Crippen LogP contribution in [0.5, 0.6) is 0 Å². The zero-order chi connectivity index (χ0) is 17.7. The Morgan fingerprint density at radius 2 is 2.00 bits per heavy atom. The molecule has 0 saturated carbocycles. The molecule has 0 bridgehead atoms. The van der Waals surface area contributed by atoms with Gasteiger partial charge in [-0.3, -0.25) is 14.9 Å². The molecule has 0 aliphatic carbocycles. The largest absolute Gasteiger partial charge is 0.324 e. The molecule has 0 saturated heterocycles. The Kier molecular flexibility index (Phi) is 6.33. The van der Waals surface area contributed by atoms with Gasteiger partial charge in [-0.2, -0.15) is 0 Å². The third-order valence-corrected chi connectivity index (χ3v) is 5.10. The first-order valence-electron chi connectivity index (χ1n) is 6.97. The van der Waals surface area contributed by atoms with Crippen LogP contribution in [0.25, 0.3) is 0 Å². The molecular formula is C16H14BrFN2O3S. The lowest BCUT2D eigenvalue weighted by Crippen LogP contribution is -2.15. The van der Waals surface area contributed by atoms with Crippen LogP contribution in [0.1, 0.15) is 17.7 Å². The highest BCUT2D eigenvalue weighted by molar-refractivity contribution is 9.10. The molecule has 0 spiro atoms. The number of halogens is 2. The first kappa shape index (κ1) is 18.4. The smallest absolute Gasteiger partial charge is 0.270 e.